The van der Waals surface area contributed by atoms with Crippen molar-refractivity contribution >= 4 is 39.5 Å². The molecule has 0 bridgehead atoms. The fourth-order valence-electron chi connectivity index (χ4n) is 3.93. The van der Waals surface area contributed by atoms with E-state index in [1.165, 1.54) is 33.3 Å². The van der Waals surface area contributed by atoms with Crippen molar-refractivity contribution in [3.8, 4) is 5.88 Å². The number of rotatable bonds is 6. The van der Waals surface area contributed by atoms with E-state index >= 15 is 0 Å². The maximum Gasteiger partial charge on any atom is 0.296 e. The zero-order valence-electron chi connectivity index (χ0n) is 19.1. The molecule has 0 radical (unpaired) electrons. The van der Waals surface area contributed by atoms with Crippen molar-refractivity contribution in [3.05, 3.63) is 47.0 Å². The van der Waals surface area contributed by atoms with Crippen LogP contribution in [0.25, 0.3) is 10.3 Å². The molecule has 11 heteroatoms. The van der Waals surface area contributed by atoms with E-state index in [1.54, 1.807) is 17.0 Å². The Hall–Kier alpha value is -3.47. The Bertz CT molecular complexity index is 1240. The molecule has 34 heavy (non-hydrogen) atoms. The fourth-order valence-corrected chi connectivity index (χ4v) is 4.63. The van der Waals surface area contributed by atoms with Crippen LogP contribution in [0.1, 0.15) is 39.4 Å². The number of piperidine rings is 1. The van der Waals surface area contributed by atoms with Crippen LogP contribution in [0, 0.1) is 11.7 Å². The van der Waals surface area contributed by atoms with Crippen molar-refractivity contribution in [2.24, 2.45) is 5.92 Å². The number of hydrogen-bond donors (Lipinski definition) is 0. The molecule has 1 aliphatic rings. The lowest BCUT2D eigenvalue weighted by Crippen LogP contribution is -2.39. The van der Waals surface area contributed by atoms with Crippen LogP contribution in [-0.4, -0.2) is 76.0 Å². The lowest BCUT2D eigenvalue weighted by molar-refractivity contribution is -0.124. The first-order chi connectivity index (χ1) is 16.3. The largest absolute Gasteiger partial charge is 0.479 e. The number of ether oxygens (including phenoxy) is 1. The minimum Gasteiger partial charge on any atom is -0.479 e. The number of benzene rings is 1. The SMILES string of the molecule is COc1nc2snc(C(=O)C(=O)N(C)C)c2nc1C(=O)N1CCC(Cc2ccc(F)cc2)CC1. The van der Waals surface area contributed by atoms with Gasteiger partial charge in [0, 0.05) is 27.2 Å². The van der Waals surface area contributed by atoms with Crippen molar-refractivity contribution in [1.29, 1.82) is 0 Å². The van der Waals surface area contributed by atoms with Crippen molar-refractivity contribution < 1.29 is 23.5 Å². The van der Waals surface area contributed by atoms with E-state index in [1.807, 2.05) is 0 Å². The summed E-state index contributed by atoms with van der Waals surface area (Å²) >= 11 is 0.915. The zero-order valence-corrected chi connectivity index (χ0v) is 19.9. The van der Waals surface area contributed by atoms with Gasteiger partial charge in [0.1, 0.15) is 11.3 Å². The predicted molar refractivity (Wildman–Crippen MR) is 124 cm³/mol. The molecule has 0 unspecified atom stereocenters. The smallest absolute Gasteiger partial charge is 0.296 e. The highest BCUT2D eigenvalue weighted by atomic mass is 32.1. The molecule has 178 valence electrons. The van der Waals surface area contributed by atoms with Crippen LogP contribution in [0.2, 0.25) is 0 Å². The van der Waals surface area contributed by atoms with Gasteiger partial charge in [-0.1, -0.05) is 12.1 Å². The van der Waals surface area contributed by atoms with Crippen LogP contribution in [0.15, 0.2) is 24.3 Å². The second-order valence-corrected chi connectivity index (χ2v) is 9.11. The Labute approximate surface area is 199 Å². The molecule has 3 heterocycles. The lowest BCUT2D eigenvalue weighted by Gasteiger charge is -2.32. The van der Waals surface area contributed by atoms with Crippen LogP contribution in [0.5, 0.6) is 5.88 Å². The number of halogens is 1. The number of carbonyl (C=O) groups excluding carboxylic acids is 3. The van der Waals surface area contributed by atoms with Gasteiger partial charge in [0.2, 0.25) is 5.88 Å². The Morgan fingerprint density at radius 1 is 1.12 bits per heavy atom. The summed E-state index contributed by atoms with van der Waals surface area (Å²) in [5.41, 5.74) is 1.04. The van der Waals surface area contributed by atoms with E-state index in [-0.39, 0.29) is 34.5 Å². The molecular formula is C23H24FN5O4S. The number of ketones is 1. The number of likely N-dealkylation sites (N-methyl/N-ethyl adjacent to an activating group) is 1. The number of likely N-dealkylation sites (tertiary alicyclic amines) is 1. The number of fused-ring (bicyclic) bond motifs is 1. The first-order valence-electron chi connectivity index (χ1n) is 10.8. The molecule has 9 nitrogen and oxygen atoms in total. The van der Waals surface area contributed by atoms with Crippen molar-refractivity contribution in [3.63, 3.8) is 0 Å². The normalized spacial score (nSPS) is 14.3. The molecule has 1 fully saturated rings. The Morgan fingerprint density at radius 3 is 2.41 bits per heavy atom. The van der Waals surface area contributed by atoms with E-state index in [4.69, 9.17) is 4.74 Å². The molecule has 0 spiro atoms. The van der Waals surface area contributed by atoms with E-state index in [0.29, 0.717) is 23.8 Å². The maximum absolute atomic E-state index is 13.3. The molecule has 0 atom stereocenters. The standard InChI is InChI=1S/C23H24FN5O4S/c1-28(2)23(32)19(30)16-17-21(34-27-16)26-20(33-3)18(25-17)22(31)29-10-8-14(9-11-29)12-13-4-6-15(24)7-5-13/h4-7,14H,8-12H2,1-3H3. The molecule has 1 aliphatic heterocycles. The van der Waals surface area contributed by atoms with Gasteiger partial charge in [-0.05, 0) is 54.4 Å². The summed E-state index contributed by atoms with van der Waals surface area (Å²) in [5, 5.41) is 0. The third-order valence-corrected chi connectivity index (χ3v) is 6.56. The summed E-state index contributed by atoms with van der Waals surface area (Å²) in [6.45, 7) is 1.06. The fraction of sp³-hybridized carbons (Fsp3) is 0.391. The molecule has 0 saturated carbocycles. The molecular weight excluding hydrogens is 461 g/mol. The van der Waals surface area contributed by atoms with Gasteiger partial charge in [-0.2, -0.15) is 9.36 Å². The number of hydrogen-bond acceptors (Lipinski definition) is 8. The van der Waals surface area contributed by atoms with Gasteiger partial charge in [-0.25, -0.2) is 9.37 Å². The minimum atomic E-state index is -0.810. The second-order valence-electron chi connectivity index (χ2n) is 8.36. The molecule has 0 N–H and O–H groups in total. The Balaban J connectivity index is 1.52. The van der Waals surface area contributed by atoms with Gasteiger partial charge in [-0.3, -0.25) is 14.4 Å². The van der Waals surface area contributed by atoms with Crippen molar-refractivity contribution in [2.45, 2.75) is 19.3 Å². The summed E-state index contributed by atoms with van der Waals surface area (Å²) in [6, 6.07) is 6.49. The molecule has 2 amide bonds. The zero-order chi connectivity index (χ0) is 24.4. The first kappa shape index (κ1) is 23.7. The number of nitrogens with zero attached hydrogens (tertiary/aromatic N) is 5. The van der Waals surface area contributed by atoms with E-state index < -0.39 is 11.7 Å². The van der Waals surface area contributed by atoms with Crippen molar-refractivity contribution in [1.82, 2.24) is 24.1 Å². The van der Waals surface area contributed by atoms with Gasteiger partial charge in [0.15, 0.2) is 16.2 Å². The summed E-state index contributed by atoms with van der Waals surface area (Å²) in [6.07, 6.45) is 2.41. The predicted octanol–water partition coefficient (Wildman–Crippen LogP) is 2.60. The van der Waals surface area contributed by atoms with Gasteiger partial charge in [0.25, 0.3) is 17.6 Å². The molecule has 0 aliphatic carbocycles. The quantitative estimate of drug-likeness (QED) is 0.390. The van der Waals surface area contributed by atoms with Crippen LogP contribution in [0.3, 0.4) is 0 Å². The highest BCUT2D eigenvalue weighted by molar-refractivity contribution is 7.13. The third kappa shape index (κ3) is 4.74. The number of aromatic nitrogens is 3. The van der Waals surface area contributed by atoms with Gasteiger partial charge in [-0.15, -0.1) is 0 Å². The minimum absolute atomic E-state index is 0.0152. The van der Waals surface area contributed by atoms with Gasteiger partial charge in [0.05, 0.1) is 7.11 Å². The van der Waals surface area contributed by atoms with Crippen LogP contribution in [0.4, 0.5) is 4.39 Å². The van der Waals surface area contributed by atoms with E-state index in [9.17, 15) is 18.8 Å². The van der Waals surface area contributed by atoms with Crippen molar-refractivity contribution in [2.75, 3.05) is 34.3 Å². The van der Waals surface area contributed by atoms with E-state index in [0.717, 1.165) is 41.3 Å². The number of methoxy groups -OCH3 is 1. The highest BCUT2D eigenvalue weighted by Gasteiger charge is 2.30. The third-order valence-electron chi connectivity index (χ3n) is 5.83. The number of carbonyl (C=O) groups is 3. The highest BCUT2D eigenvalue weighted by Crippen LogP contribution is 2.28. The second kappa shape index (κ2) is 9.80. The summed E-state index contributed by atoms with van der Waals surface area (Å²) in [7, 11) is 4.33. The van der Waals surface area contributed by atoms with Gasteiger partial charge >= 0.3 is 0 Å². The summed E-state index contributed by atoms with van der Waals surface area (Å²) in [4.78, 5) is 49.8. The molecule has 1 saturated heterocycles. The lowest BCUT2D eigenvalue weighted by atomic mass is 9.90. The number of Topliss-reactive ketones (excluding diaryl/α,β-unsaturated/α-hetero) is 1. The van der Waals surface area contributed by atoms with Crippen LogP contribution >= 0.6 is 11.5 Å². The molecule has 3 aromatic rings. The maximum atomic E-state index is 13.3. The van der Waals surface area contributed by atoms with Gasteiger partial charge < -0.3 is 14.5 Å². The average molecular weight is 486 g/mol. The number of amides is 2. The molecule has 4 rings (SSSR count). The molecule has 1 aromatic carbocycles. The monoisotopic (exact) mass is 485 g/mol. The average Bonchev–Trinajstić information content (AvgIpc) is 3.26. The van der Waals surface area contributed by atoms with Crippen LogP contribution in [-0.2, 0) is 11.2 Å². The first-order valence-corrected chi connectivity index (χ1v) is 11.6. The summed E-state index contributed by atoms with van der Waals surface area (Å²) < 4.78 is 22.5. The van der Waals surface area contributed by atoms with Crippen LogP contribution < -0.4 is 4.74 Å². The molecule has 2 aromatic heterocycles. The summed E-state index contributed by atoms with van der Waals surface area (Å²) in [5.74, 6) is -1.72. The Morgan fingerprint density at radius 2 is 1.79 bits per heavy atom. The van der Waals surface area contributed by atoms with E-state index in [2.05, 4.69) is 14.3 Å². The Kier molecular flexibility index (Phi) is 6.82. The topological polar surface area (TPSA) is 106 Å².